The lowest BCUT2D eigenvalue weighted by atomic mass is 10.0. The monoisotopic (exact) mass is 344 g/mol. The summed E-state index contributed by atoms with van der Waals surface area (Å²) in [4.78, 5) is 15.5. The Morgan fingerprint density at radius 2 is 2.12 bits per heavy atom. The molecular weight excluding hydrogens is 320 g/mol. The number of carbonyl (C=O) groups excluding carboxylic acids is 1. The summed E-state index contributed by atoms with van der Waals surface area (Å²) < 4.78 is 1.83. The Morgan fingerprint density at radius 3 is 2.79 bits per heavy atom. The average Bonchev–Trinajstić information content (AvgIpc) is 3.22. The number of likely N-dealkylation sites (tertiary alicyclic amines) is 1. The van der Waals surface area contributed by atoms with Gasteiger partial charge in [-0.1, -0.05) is 12.1 Å². The molecule has 2 amide bonds. The number of urea groups is 1. The van der Waals surface area contributed by atoms with Gasteiger partial charge in [0.15, 0.2) is 0 Å². The van der Waals surface area contributed by atoms with Crippen LogP contribution in [0.5, 0.6) is 0 Å². The molecule has 128 valence electrons. The molecule has 1 saturated heterocycles. The number of thioether (sulfide) groups is 1. The van der Waals surface area contributed by atoms with Crippen molar-refractivity contribution in [1.82, 2.24) is 20.0 Å². The van der Waals surface area contributed by atoms with E-state index in [2.05, 4.69) is 47.1 Å². The highest BCUT2D eigenvalue weighted by Crippen LogP contribution is 2.21. The minimum absolute atomic E-state index is 0.0395. The van der Waals surface area contributed by atoms with E-state index in [0.717, 1.165) is 31.5 Å². The molecule has 1 fully saturated rings. The Hall–Kier alpha value is -1.95. The van der Waals surface area contributed by atoms with Gasteiger partial charge in [-0.25, -0.2) is 4.79 Å². The zero-order chi connectivity index (χ0) is 16.9. The molecule has 3 rings (SSSR count). The molecule has 2 heterocycles. The Morgan fingerprint density at radius 1 is 1.33 bits per heavy atom. The van der Waals surface area contributed by atoms with E-state index in [1.807, 2.05) is 22.8 Å². The van der Waals surface area contributed by atoms with Crippen LogP contribution in [0.15, 0.2) is 41.6 Å². The van der Waals surface area contributed by atoms with Gasteiger partial charge in [0.05, 0.1) is 6.20 Å². The van der Waals surface area contributed by atoms with Crippen molar-refractivity contribution in [3.8, 4) is 0 Å². The predicted molar refractivity (Wildman–Crippen MR) is 97.1 cm³/mol. The summed E-state index contributed by atoms with van der Waals surface area (Å²) in [6.45, 7) is 2.24. The Labute approximate surface area is 147 Å². The van der Waals surface area contributed by atoms with Crippen LogP contribution in [0.25, 0.3) is 0 Å². The fourth-order valence-electron chi connectivity index (χ4n) is 3.13. The molecule has 1 N–H and O–H groups in total. The third-order valence-corrected chi connectivity index (χ3v) is 5.20. The molecule has 24 heavy (non-hydrogen) atoms. The van der Waals surface area contributed by atoms with Gasteiger partial charge in [-0.05, 0) is 48.3 Å². The van der Waals surface area contributed by atoms with Crippen LogP contribution in [0.4, 0.5) is 4.79 Å². The number of aromatic nitrogens is 2. The Kier molecular flexibility index (Phi) is 5.45. The topological polar surface area (TPSA) is 50.2 Å². The molecule has 1 atom stereocenters. The van der Waals surface area contributed by atoms with Gasteiger partial charge in [0.25, 0.3) is 0 Å². The average molecular weight is 344 g/mol. The summed E-state index contributed by atoms with van der Waals surface area (Å²) in [6, 6.07) is 8.36. The number of benzene rings is 1. The van der Waals surface area contributed by atoms with E-state index in [-0.39, 0.29) is 6.03 Å². The summed E-state index contributed by atoms with van der Waals surface area (Å²) >= 11 is 1.72. The van der Waals surface area contributed by atoms with Crippen LogP contribution < -0.4 is 5.32 Å². The van der Waals surface area contributed by atoms with Crippen LogP contribution >= 0.6 is 11.8 Å². The number of nitrogens with one attached hydrogen (secondary N) is 1. The summed E-state index contributed by atoms with van der Waals surface area (Å²) in [5.74, 6) is 0.529. The molecular formula is C18H24N4OS. The van der Waals surface area contributed by atoms with Crippen molar-refractivity contribution in [2.75, 3.05) is 19.3 Å². The SMILES string of the molecule is CSc1ccc(CNC(=O)N2CCC(Cc3cnn(C)c3)C2)cc1. The molecule has 0 aliphatic carbocycles. The fraction of sp³-hybridized carbons (Fsp3) is 0.444. The highest BCUT2D eigenvalue weighted by atomic mass is 32.2. The second-order valence-electron chi connectivity index (χ2n) is 6.33. The van der Waals surface area contributed by atoms with Crippen molar-refractivity contribution in [2.24, 2.45) is 13.0 Å². The van der Waals surface area contributed by atoms with E-state index < -0.39 is 0 Å². The molecule has 6 heteroatoms. The second-order valence-corrected chi connectivity index (χ2v) is 7.21. The zero-order valence-electron chi connectivity index (χ0n) is 14.2. The minimum Gasteiger partial charge on any atom is -0.334 e. The van der Waals surface area contributed by atoms with E-state index in [9.17, 15) is 4.79 Å². The molecule has 0 saturated carbocycles. The Bertz CT molecular complexity index is 683. The quantitative estimate of drug-likeness (QED) is 0.849. The smallest absolute Gasteiger partial charge is 0.317 e. The molecule has 1 aromatic heterocycles. The van der Waals surface area contributed by atoms with Crippen molar-refractivity contribution in [3.63, 3.8) is 0 Å². The molecule has 1 aromatic carbocycles. The van der Waals surface area contributed by atoms with Crippen LogP contribution in [0.2, 0.25) is 0 Å². The maximum absolute atomic E-state index is 12.3. The molecule has 2 aromatic rings. The van der Waals surface area contributed by atoms with Crippen molar-refractivity contribution in [1.29, 1.82) is 0 Å². The number of carbonyl (C=O) groups is 1. The van der Waals surface area contributed by atoms with Crippen LogP contribution in [-0.2, 0) is 20.0 Å². The number of hydrogen-bond acceptors (Lipinski definition) is 3. The molecule has 0 bridgehead atoms. The molecule has 1 aliphatic heterocycles. The number of hydrogen-bond donors (Lipinski definition) is 1. The minimum atomic E-state index is 0.0395. The zero-order valence-corrected chi connectivity index (χ0v) is 15.1. The van der Waals surface area contributed by atoms with Crippen molar-refractivity contribution in [2.45, 2.75) is 24.3 Å². The lowest BCUT2D eigenvalue weighted by Crippen LogP contribution is -2.38. The highest BCUT2D eigenvalue weighted by molar-refractivity contribution is 7.98. The van der Waals surface area contributed by atoms with Crippen molar-refractivity contribution < 1.29 is 4.79 Å². The van der Waals surface area contributed by atoms with Gasteiger partial charge in [0, 0.05) is 37.8 Å². The van der Waals surface area contributed by atoms with E-state index in [1.165, 1.54) is 10.5 Å². The van der Waals surface area contributed by atoms with Crippen LogP contribution in [-0.4, -0.2) is 40.1 Å². The number of aryl methyl sites for hydroxylation is 1. The summed E-state index contributed by atoms with van der Waals surface area (Å²) in [5, 5.41) is 7.24. The first-order chi connectivity index (χ1) is 11.6. The van der Waals surface area contributed by atoms with Crippen LogP contribution in [0.3, 0.4) is 0 Å². The summed E-state index contributed by atoms with van der Waals surface area (Å²) in [7, 11) is 1.93. The standard InChI is InChI=1S/C18H24N4OS/c1-21-12-16(11-20-21)9-15-7-8-22(13-15)18(23)19-10-14-3-5-17(24-2)6-4-14/h3-6,11-12,15H,7-10,13H2,1-2H3,(H,19,23). The fourth-order valence-corrected chi connectivity index (χ4v) is 3.54. The molecule has 5 nitrogen and oxygen atoms in total. The third kappa shape index (κ3) is 4.32. The summed E-state index contributed by atoms with van der Waals surface area (Å²) in [6.07, 6.45) is 8.09. The van der Waals surface area contributed by atoms with E-state index in [0.29, 0.717) is 12.5 Å². The lowest BCUT2D eigenvalue weighted by Gasteiger charge is -2.17. The Balaban J connectivity index is 1.45. The van der Waals surface area contributed by atoms with Gasteiger partial charge in [-0.2, -0.15) is 5.10 Å². The number of amides is 2. The van der Waals surface area contributed by atoms with E-state index in [4.69, 9.17) is 0 Å². The maximum atomic E-state index is 12.3. The molecule has 1 aliphatic rings. The van der Waals surface area contributed by atoms with Gasteiger partial charge in [0.1, 0.15) is 0 Å². The van der Waals surface area contributed by atoms with Gasteiger partial charge < -0.3 is 10.2 Å². The number of nitrogens with zero attached hydrogens (tertiary/aromatic N) is 3. The van der Waals surface area contributed by atoms with Crippen molar-refractivity contribution >= 4 is 17.8 Å². The van der Waals surface area contributed by atoms with E-state index in [1.54, 1.807) is 11.8 Å². The van der Waals surface area contributed by atoms with Gasteiger partial charge in [-0.3, -0.25) is 4.68 Å². The predicted octanol–water partition coefficient (Wildman–Crippen LogP) is 2.92. The largest absolute Gasteiger partial charge is 0.334 e. The third-order valence-electron chi connectivity index (χ3n) is 4.46. The molecule has 0 spiro atoms. The maximum Gasteiger partial charge on any atom is 0.317 e. The van der Waals surface area contributed by atoms with Crippen molar-refractivity contribution in [3.05, 3.63) is 47.8 Å². The van der Waals surface area contributed by atoms with Gasteiger partial charge in [-0.15, -0.1) is 11.8 Å². The lowest BCUT2D eigenvalue weighted by molar-refractivity contribution is 0.206. The molecule has 0 radical (unpaired) electrons. The van der Waals surface area contributed by atoms with Crippen LogP contribution in [0, 0.1) is 5.92 Å². The normalized spacial score (nSPS) is 17.2. The van der Waals surface area contributed by atoms with Crippen LogP contribution in [0.1, 0.15) is 17.5 Å². The van der Waals surface area contributed by atoms with E-state index >= 15 is 0 Å². The van der Waals surface area contributed by atoms with Gasteiger partial charge in [0.2, 0.25) is 0 Å². The first-order valence-electron chi connectivity index (χ1n) is 8.27. The first-order valence-corrected chi connectivity index (χ1v) is 9.50. The summed E-state index contributed by atoms with van der Waals surface area (Å²) in [5.41, 5.74) is 2.38. The molecule has 1 unspecified atom stereocenters. The highest BCUT2D eigenvalue weighted by Gasteiger charge is 2.26. The first kappa shape index (κ1) is 16.9. The second kappa shape index (κ2) is 7.75. The number of rotatable bonds is 5. The van der Waals surface area contributed by atoms with Gasteiger partial charge >= 0.3 is 6.03 Å².